The minimum atomic E-state index is -1.51. The van der Waals surface area contributed by atoms with Gasteiger partial charge in [-0.2, -0.15) is 0 Å². The fourth-order valence-electron chi connectivity index (χ4n) is 2.49. The van der Waals surface area contributed by atoms with E-state index >= 15 is 0 Å². The fraction of sp³-hybridized carbons (Fsp3) is 0.636. The molecule has 1 aliphatic carbocycles. The lowest BCUT2D eigenvalue weighted by Gasteiger charge is -2.19. The van der Waals surface area contributed by atoms with Gasteiger partial charge < -0.3 is 19.7 Å². The molecule has 19 heavy (non-hydrogen) atoms. The van der Waals surface area contributed by atoms with Crippen LogP contribution >= 0.6 is 0 Å². The maximum Gasteiger partial charge on any atom is 0.310 e. The van der Waals surface area contributed by atoms with E-state index in [1.165, 1.54) is 0 Å². The van der Waals surface area contributed by atoms with Gasteiger partial charge in [-0.3, -0.25) is 19.2 Å². The quantitative estimate of drug-likeness (QED) is 0.648. The summed E-state index contributed by atoms with van der Waals surface area (Å²) in [6.45, 7) is 0. The first-order chi connectivity index (χ1) is 8.84. The molecular formula is C11H14O8. The summed E-state index contributed by atoms with van der Waals surface area (Å²) in [5.41, 5.74) is 0. The Bertz CT molecular complexity index is 415. The molecule has 1 fully saturated rings. The highest BCUT2D eigenvalue weighted by atomic mass is 16.5. The summed E-state index contributed by atoms with van der Waals surface area (Å²) in [5.74, 6) is -9.87. The van der Waals surface area contributed by atoms with E-state index < -0.39 is 47.5 Å². The van der Waals surface area contributed by atoms with Crippen LogP contribution in [0.1, 0.15) is 6.42 Å². The van der Waals surface area contributed by atoms with Crippen molar-refractivity contribution in [2.75, 3.05) is 14.2 Å². The second kappa shape index (κ2) is 5.68. The van der Waals surface area contributed by atoms with Gasteiger partial charge in [-0.05, 0) is 6.42 Å². The van der Waals surface area contributed by atoms with Crippen molar-refractivity contribution in [1.82, 2.24) is 0 Å². The lowest BCUT2D eigenvalue weighted by Crippen LogP contribution is -2.36. The van der Waals surface area contributed by atoms with Crippen molar-refractivity contribution in [3.63, 3.8) is 0 Å². The molecule has 0 amide bonds. The van der Waals surface area contributed by atoms with Crippen molar-refractivity contribution in [3.05, 3.63) is 0 Å². The van der Waals surface area contributed by atoms with Crippen LogP contribution in [0, 0.1) is 23.7 Å². The van der Waals surface area contributed by atoms with Crippen molar-refractivity contribution in [1.29, 1.82) is 0 Å². The average Bonchev–Trinajstić information content (AvgIpc) is 2.77. The standard InChI is InChI=1S/C11H14O8/c1-18-10(16)5-3-4(8(12)13)6(9(14)15)7(5)11(17)19-2/h4-7H,3H2,1-2H3,(H,12,13)(H,14,15). The number of carboxylic acid groups (broad SMARTS) is 2. The number of esters is 2. The summed E-state index contributed by atoms with van der Waals surface area (Å²) in [5, 5.41) is 18.1. The molecule has 0 saturated heterocycles. The van der Waals surface area contributed by atoms with Gasteiger partial charge in [0.15, 0.2) is 0 Å². The van der Waals surface area contributed by atoms with E-state index in [4.69, 9.17) is 10.2 Å². The predicted octanol–water partition coefficient (Wildman–Crippen LogP) is -0.630. The van der Waals surface area contributed by atoms with E-state index in [9.17, 15) is 19.2 Å². The van der Waals surface area contributed by atoms with Gasteiger partial charge in [0.1, 0.15) is 0 Å². The lowest BCUT2D eigenvalue weighted by atomic mass is 9.87. The summed E-state index contributed by atoms with van der Waals surface area (Å²) < 4.78 is 8.95. The Hall–Kier alpha value is -2.12. The van der Waals surface area contributed by atoms with E-state index in [0.717, 1.165) is 14.2 Å². The molecule has 1 rings (SSSR count). The van der Waals surface area contributed by atoms with Crippen LogP contribution < -0.4 is 0 Å². The Balaban J connectivity index is 3.20. The van der Waals surface area contributed by atoms with Crippen LogP contribution in [0.2, 0.25) is 0 Å². The zero-order valence-electron chi connectivity index (χ0n) is 10.4. The van der Waals surface area contributed by atoms with E-state index in [-0.39, 0.29) is 6.42 Å². The van der Waals surface area contributed by atoms with Gasteiger partial charge in [0.25, 0.3) is 0 Å². The second-order valence-corrected chi connectivity index (χ2v) is 4.22. The molecule has 8 heteroatoms. The Kier molecular flexibility index (Phi) is 4.47. The van der Waals surface area contributed by atoms with Crippen LogP contribution in [-0.4, -0.2) is 48.3 Å². The van der Waals surface area contributed by atoms with Gasteiger partial charge >= 0.3 is 23.9 Å². The molecular weight excluding hydrogens is 260 g/mol. The van der Waals surface area contributed by atoms with Crippen molar-refractivity contribution in [2.45, 2.75) is 6.42 Å². The lowest BCUT2D eigenvalue weighted by molar-refractivity contribution is -0.163. The van der Waals surface area contributed by atoms with Crippen molar-refractivity contribution < 1.29 is 38.9 Å². The second-order valence-electron chi connectivity index (χ2n) is 4.22. The molecule has 0 heterocycles. The van der Waals surface area contributed by atoms with Gasteiger partial charge in [-0.1, -0.05) is 0 Å². The number of hydrogen-bond donors (Lipinski definition) is 2. The number of carbonyl (C=O) groups is 4. The molecule has 1 saturated carbocycles. The Morgan fingerprint density at radius 2 is 1.37 bits per heavy atom. The SMILES string of the molecule is COC(=O)C1CC(C(=O)O)C(C(=O)O)C1C(=O)OC. The number of hydrogen-bond acceptors (Lipinski definition) is 6. The van der Waals surface area contributed by atoms with Crippen molar-refractivity contribution in [3.8, 4) is 0 Å². The first kappa shape index (κ1) is 14.9. The van der Waals surface area contributed by atoms with Crippen LogP contribution in [0.3, 0.4) is 0 Å². The Morgan fingerprint density at radius 1 is 0.842 bits per heavy atom. The van der Waals surface area contributed by atoms with Gasteiger partial charge in [-0.15, -0.1) is 0 Å². The number of aliphatic carboxylic acids is 2. The number of carbonyl (C=O) groups excluding carboxylic acids is 2. The van der Waals surface area contributed by atoms with Gasteiger partial charge in [-0.25, -0.2) is 0 Å². The molecule has 0 radical (unpaired) electrons. The van der Waals surface area contributed by atoms with Crippen LogP contribution in [0.15, 0.2) is 0 Å². The summed E-state index contributed by atoms with van der Waals surface area (Å²) in [7, 11) is 2.13. The molecule has 1 aliphatic rings. The third-order valence-electron chi connectivity index (χ3n) is 3.34. The molecule has 4 unspecified atom stereocenters. The highest BCUT2D eigenvalue weighted by Gasteiger charge is 2.56. The zero-order valence-corrected chi connectivity index (χ0v) is 10.4. The first-order valence-electron chi connectivity index (χ1n) is 5.46. The van der Waals surface area contributed by atoms with Crippen LogP contribution in [0.5, 0.6) is 0 Å². The normalized spacial score (nSPS) is 29.6. The molecule has 0 aliphatic heterocycles. The van der Waals surface area contributed by atoms with Crippen LogP contribution in [0.25, 0.3) is 0 Å². The maximum atomic E-state index is 11.6. The van der Waals surface area contributed by atoms with E-state index in [1.807, 2.05) is 0 Å². The number of carboxylic acids is 2. The first-order valence-corrected chi connectivity index (χ1v) is 5.46. The summed E-state index contributed by atoms with van der Waals surface area (Å²) in [4.78, 5) is 45.4. The molecule has 0 spiro atoms. The molecule has 0 aromatic rings. The molecule has 106 valence electrons. The zero-order chi connectivity index (χ0) is 14.7. The van der Waals surface area contributed by atoms with Crippen molar-refractivity contribution in [2.24, 2.45) is 23.7 Å². The van der Waals surface area contributed by atoms with E-state index in [1.54, 1.807) is 0 Å². The number of ether oxygens (including phenoxy) is 2. The predicted molar refractivity (Wildman–Crippen MR) is 57.9 cm³/mol. The van der Waals surface area contributed by atoms with Crippen LogP contribution in [0.4, 0.5) is 0 Å². The third kappa shape index (κ3) is 2.67. The molecule has 0 aromatic carbocycles. The van der Waals surface area contributed by atoms with Gasteiger partial charge in [0, 0.05) is 0 Å². The monoisotopic (exact) mass is 274 g/mol. The fourth-order valence-corrected chi connectivity index (χ4v) is 2.49. The van der Waals surface area contributed by atoms with Gasteiger partial charge in [0.2, 0.25) is 0 Å². The Labute approximate surface area is 108 Å². The maximum absolute atomic E-state index is 11.6. The smallest absolute Gasteiger partial charge is 0.310 e. The van der Waals surface area contributed by atoms with Crippen molar-refractivity contribution >= 4 is 23.9 Å². The topological polar surface area (TPSA) is 127 Å². The largest absolute Gasteiger partial charge is 0.481 e. The minimum Gasteiger partial charge on any atom is -0.481 e. The highest BCUT2D eigenvalue weighted by molar-refractivity contribution is 5.91. The minimum absolute atomic E-state index is 0.265. The number of rotatable bonds is 4. The third-order valence-corrected chi connectivity index (χ3v) is 3.34. The molecule has 4 atom stereocenters. The van der Waals surface area contributed by atoms with Crippen LogP contribution in [-0.2, 0) is 28.7 Å². The molecule has 0 bridgehead atoms. The molecule has 2 N–H and O–H groups in total. The highest BCUT2D eigenvalue weighted by Crippen LogP contribution is 2.43. The van der Waals surface area contributed by atoms with Gasteiger partial charge in [0.05, 0.1) is 37.9 Å². The van der Waals surface area contributed by atoms with E-state index in [2.05, 4.69) is 9.47 Å². The summed E-state index contributed by atoms with van der Waals surface area (Å²) >= 11 is 0. The number of methoxy groups -OCH3 is 2. The molecule has 0 aromatic heterocycles. The Morgan fingerprint density at radius 3 is 1.74 bits per heavy atom. The van der Waals surface area contributed by atoms with E-state index in [0.29, 0.717) is 0 Å². The average molecular weight is 274 g/mol. The summed E-state index contributed by atoms with van der Waals surface area (Å²) in [6.07, 6.45) is -0.265. The summed E-state index contributed by atoms with van der Waals surface area (Å²) in [6, 6.07) is 0. The molecule has 8 nitrogen and oxygen atoms in total.